The summed E-state index contributed by atoms with van der Waals surface area (Å²) in [7, 11) is 0. The number of carbonyl (C=O) groups excluding carboxylic acids is 5. The van der Waals surface area contributed by atoms with Gasteiger partial charge in [-0.15, -0.1) is 0 Å². The van der Waals surface area contributed by atoms with E-state index in [9.17, 15) is 33.9 Å². The van der Waals surface area contributed by atoms with Crippen LogP contribution in [-0.2, 0) is 62.8 Å². The van der Waals surface area contributed by atoms with Gasteiger partial charge in [0, 0.05) is 121 Å². The standard InChI is InChI=1S/C36H42FN5O5.C34H38FN5O5/c1-5-46-33(44)31(30-29-7-6-14-40(29)22-38-30)42-19-27-26(32(42)43)17-24(18-28(27)37)23-8-10-25(11-9-23)41-20-36(21-41)12-15-39(16-13-36)34(45)47-35(2,3)4;1-33(2,3)45-32(44)37-13-10-34(11-14-37)18-39(19-34)23-8-6-21(7-9-23)22-15-24-25(26(35)16-22)17-40(30(24)41)29(31(42)43)28-27-5-4-12-38(27)20-36-28/h8-11,17-18,22,31H,5-7,12-16,19-21H2,1-4H3;6-9,15-16,20,29H,4-5,10-14,17-19H2,1-3H3,(H,42,43). The number of halogens is 2. The molecule has 2 aromatic heterocycles. The molecule has 2 atom stereocenters. The second kappa shape index (κ2) is 23.7. The molecular formula is C70H80F2N10O10. The average Bonchev–Trinajstić information content (AvgIpc) is 1.28. The maximum Gasteiger partial charge on any atom is 0.410 e. The minimum absolute atomic E-state index is 0.0265. The summed E-state index contributed by atoms with van der Waals surface area (Å²) in [6.07, 6.45) is 9.91. The SMILES string of the molecule is CC(C)(C)OC(=O)N1CCC2(CC1)CN(c1ccc(-c3cc(F)c4c(c3)C(=O)N(C(C(=O)O)c3ncn5c3CCC5)C4)cc1)C2.CCOC(=O)C(c1ncn2c1CCC2)N1Cc2c(F)cc(-c3ccc(N4CC5(CCN(C(=O)OC(C)(C)C)CC5)C4)cc3)cc2C1=O. The van der Waals surface area contributed by atoms with Gasteiger partial charge in [0.15, 0.2) is 12.1 Å². The third kappa shape index (κ3) is 11.8. The maximum absolute atomic E-state index is 15.6. The van der Waals surface area contributed by atoms with Crippen LogP contribution in [0.15, 0.2) is 85.5 Å². The van der Waals surface area contributed by atoms with Gasteiger partial charge in [0.1, 0.15) is 22.8 Å². The molecule has 4 saturated heterocycles. The van der Waals surface area contributed by atoms with Gasteiger partial charge in [-0.1, -0.05) is 24.3 Å². The maximum atomic E-state index is 15.6. The number of carboxylic acid groups (broad SMARTS) is 1. The number of esters is 1. The number of amides is 4. The van der Waals surface area contributed by atoms with Crippen molar-refractivity contribution < 1.29 is 56.9 Å². The Morgan fingerprint density at radius 2 is 0.957 bits per heavy atom. The van der Waals surface area contributed by atoms with Crippen LogP contribution in [0.5, 0.6) is 0 Å². The molecule has 14 rings (SSSR count). The molecule has 0 bridgehead atoms. The number of ether oxygens (including phenoxy) is 3. The number of hydrogen-bond donors (Lipinski definition) is 1. The summed E-state index contributed by atoms with van der Waals surface area (Å²) in [4.78, 5) is 97.6. The zero-order chi connectivity index (χ0) is 64.8. The first-order valence-corrected chi connectivity index (χ1v) is 32.3. The highest BCUT2D eigenvalue weighted by Crippen LogP contribution is 2.46. The van der Waals surface area contributed by atoms with Crippen LogP contribution in [0.3, 0.4) is 0 Å². The van der Waals surface area contributed by atoms with E-state index in [-0.39, 0.29) is 65.0 Å². The first-order chi connectivity index (χ1) is 43.9. The van der Waals surface area contributed by atoms with E-state index in [0.717, 1.165) is 118 Å². The average molecular weight is 1260 g/mol. The molecule has 4 aromatic carbocycles. The third-order valence-corrected chi connectivity index (χ3v) is 19.7. The van der Waals surface area contributed by atoms with Crippen LogP contribution in [0.4, 0.5) is 29.7 Å². The number of carbonyl (C=O) groups is 6. The number of imidazole rings is 2. The summed E-state index contributed by atoms with van der Waals surface area (Å²) in [6.45, 7) is 21.1. The third-order valence-electron chi connectivity index (χ3n) is 19.7. The number of nitrogens with zero attached hydrogens (tertiary/aromatic N) is 10. The Labute approximate surface area is 534 Å². The van der Waals surface area contributed by atoms with Gasteiger partial charge in [-0.3, -0.25) is 9.59 Å². The fourth-order valence-corrected chi connectivity index (χ4v) is 14.8. The van der Waals surface area contributed by atoms with Crippen molar-refractivity contribution in [2.24, 2.45) is 10.8 Å². The van der Waals surface area contributed by atoms with Crippen molar-refractivity contribution in [1.29, 1.82) is 0 Å². The van der Waals surface area contributed by atoms with Crippen LogP contribution in [-0.4, -0.2) is 150 Å². The van der Waals surface area contributed by atoms with Gasteiger partial charge in [-0.25, -0.2) is 37.9 Å². The topological polar surface area (TPSA) is 205 Å². The number of aromatic nitrogens is 4. The number of anilines is 2. The lowest BCUT2D eigenvalue weighted by Gasteiger charge is -2.55. The molecular weight excluding hydrogens is 1180 g/mol. The normalized spacial score (nSPS) is 19.2. The first kappa shape index (κ1) is 62.0. The molecule has 484 valence electrons. The lowest BCUT2D eigenvalue weighted by molar-refractivity contribution is -0.149. The summed E-state index contributed by atoms with van der Waals surface area (Å²) in [5.74, 6) is -3.64. The van der Waals surface area contributed by atoms with E-state index >= 15 is 8.78 Å². The molecule has 2 unspecified atom stereocenters. The van der Waals surface area contributed by atoms with Crippen molar-refractivity contribution in [3.63, 3.8) is 0 Å². The van der Waals surface area contributed by atoms with Gasteiger partial charge in [-0.2, -0.15) is 0 Å². The van der Waals surface area contributed by atoms with Crippen molar-refractivity contribution in [2.75, 3.05) is 68.8 Å². The Hall–Kier alpha value is -8.82. The largest absolute Gasteiger partial charge is 0.479 e. The van der Waals surface area contributed by atoms with Crippen LogP contribution in [0, 0.1) is 22.5 Å². The van der Waals surface area contributed by atoms with Crippen LogP contribution in [0.25, 0.3) is 22.3 Å². The molecule has 1 N–H and O–H groups in total. The molecule has 2 spiro atoms. The van der Waals surface area contributed by atoms with E-state index in [1.165, 1.54) is 21.9 Å². The molecule has 10 heterocycles. The van der Waals surface area contributed by atoms with Gasteiger partial charge in [0.2, 0.25) is 0 Å². The molecule has 20 nitrogen and oxygen atoms in total. The van der Waals surface area contributed by atoms with Gasteiger partial charge >= 0.3 is 24.1 Å². The summed E-state index contributed by atoms with van der Waals surface area (Å²) < 4.78 is 51.5. The Morgan fingerprint density at radius 3 is 1.34 bits per heavy atom. The minimum Gasteiger partial charge on any atom is -0.479 e. The smallest absolute Gasteiger partial charge is 0.410 e. The second-order valence-electron chi connectivity index (χ2n) is 28.2. The number of aliphatic carboxylic acids is 1. The highest BCUT2D eigenvalue weighted by molar-refractivity contribution is 6.03. The van der Waals surface area contributed by atoms with Crippen molar-refractivity contribution in [3.8, 4) is 22.3 Å². The molecule has 4 fully saturated rings. The Balaban J connectivity index is 0.000000168. The van der Waals surface area contributed by atoms with Gasteiger partial charge in [0.05, 0.1) is 43.7 Å². The number of rotatable bonds is 11. The van der Waals surface area contributed by atoms with E-state index in [4.69, 9.17) is 14.2 Å². The van der Waals surface area contributed by atoms with Gasteiger partial charge in [-0.05, 0) is 171 Å². The van der Waals surface area contributed by atoms with Gasteiger partial charge < -0.3 is 57.9 Å². The number of hydrogen-bond acceptors (Lipinski definition) is 13. The summed E-state index contributed by atoms with van der Waals surface area (Å²) in [5.41, 5.74) is 7.86. The quantitative estimate of drug-likeness (QED) is 0.0947. The monoisotopic (exact) mass is 1260 g/mol. The predicted molar refractivity (Wildman–Crippen MR) is 338 cm³/mol. The van der Waals surface area contributed by atoms with Crippen LogP contribution >= 0.6 is 0 Å². The fourth-order valence-electron chi connectivity index (χ4n) is 14.8. The number of carboxylic acids is 1. The highest BCUT2D eigenvalue weighted by atomic mass is 19.1. The number of piperidine rings is 2. The molecule has 0 saturated carbocycles. The molecule has 0 aliphatic carbocycles. The zero-order valence-corrected chi connectivity index (χ0v) is 53.4. The minimum atomic E-state index is -1.27. The van der Waals surface area contributed by atoms with Crippen LogP contribution in [0.1, 0.15) is 154 Å². The lowest BCUT2D eigenvalue weighted by Crippen LogP contribution is -2.61. The zero-order valence-electron chi connectivity index (χ0n) is 53.4. The predicted octanol–water partition coefficient (Wildman–Crippen LogP) is 11.0. The highest BCUT2D eigenvalue weighted by Gasteiger charge is 2.49. The fraction of sp³-hybridized carbons (Fsp3) is 0.486. The van der Waals surface area contributed by atoms with E-state index in [2.05, 4.69) is 19.8 Å². The molecule has 4 amide bonds. The summed E-state index contributed by atoms with van der Waals surface area (Å²) in [5, 5.41) is 10.1. The molecule has 22 heteroatoms. The Kier molecular flexibility index (Phi) is 16.0. The van der Waals surface area contributed by atoms with Crippen molar-refractivity contribution in [2.45, 2.75) is 149 Å². The van der Waals surface area contributed by atoms with E-state index in [1.54, 1.807) is 36.6 Å². The van der Waals surface area contributed by atoms with E-state index in [0.29, 0.717) is 55.1 Å². The Bertz CT molecular complexity index is 3890. The van der Waals surface area contributed by atoms with E-state index in [1.807, 2.05) is 104 Å². The van der Waals surface area contributed by atoms with Crippen molar-refractivity contribution in [3.05, 3.63) is 142 Å². The summed E-state index contributed by atoms with van der Waals surface area (Å²) in [6, 6.07) is 19.9. The van der Waals surface area contributed by atoms with E-state index < -0.39 is 58.7 Å². The number of fused-ring (bicyclic) bond motifs is 4. The first-order valence-electron chi connectivity index (χ1n) is 32.3. The van der Waals surface area contributed by atoms with Gasteiger partial charge in [0.25, 0.3) is 11.8 Å². The molecule has 6 aromatic rings. The number of aryl methyl sites for hydroxylation is 2. The lowest BCUT2D eigenvalue weighted by atomic mass is 9.72. The molecule has 92 heavy (non-hydrogen) atoms. The molecule has 0 radical (unpaired) electrons. The summed E-state index contributed by atoms with van der Waals surface area (Å²) >= 11 is 0. The van der Waals surface area contributed by atoms with Crippen LogP contribution < -0.4 is 9.80 Å². The molecule has 8 aliphatic heterocycles. The van der Waals surface area contributed by atoms with Crippen LogP contribution in [0.2, 0.25) is 0 Å². The number of benzene rings is 4. The second-order valence-corrected chi connectivity index (χ2v) is 28.2. The Morgan fingerprint density at radius 1 is 0.565 bits per heavy atom. The van der Waals surface area contributed by atoms with Crippen molar-refractivity contribution >= 4 is 47.3 Å². The van der Waals surface area contributed by atoms with Crippen molar-refractivity contribution in [1.82, 2.24) is 38.7 Å². The molecule has 8 aliphatic rings. The number of likely N-dealkylation sites (tertiary alicyclic amines) is 2.